The van der Waals surface area contributed by atoms with Crippen molar-refractivity contribution in [3.63, 3.8) is 0 Å². The second-order valence-electron chi connectivity index (χ2n) is 4.72. The first kappa shape index (κ1) is 14.3. The molecule has 106 valence electrons. The number of fused-ring (bicyclic) bond motifs is 1. The number of aromatic nitrogens is 2. The predicted molar refractivity (Wildman–Crippen MR) is 89.8 cm³/mol. The van der Waals surface area contributed by atoms with Crippen LogP contribution in [0.1, 0.15) is 30.6 Å². The molecule has 3 rings (SSSR count). The average molecular weight is 370 g/mol. The van der Waals surface area contributed by atoms with Crippen molar-refractivity contribution >= 4 is 43.6 Å². The van der Waals surface area contributed by atoms with Gasteiger partial charge < -0.3 is 5.32 Å². The third-order valence-electron chi connectivity index (χ3n) is 3.19. The lowest BCUT2D eigenvalue weighted by Crippen LogP contribution is -2.23. The monoisotopic (exact) mass is 369 g/mol. The van der Waals surface area contributed by atoms with Gasteiger partial charge in [-0.2, -0.15) is 0 Å². The van der Waals surface area contributed by atoms with E-state index in [1.165, 1.54) is 9.35 Å². The minimum absolute atomic E-state index is 0.335. The Morgan fingerprint density at radius 2 is 2.35 bits per heavy atom. The van der Waals surface area contributed by atoms with Crippen molar-refractivity contribution in [1.29, 1.82) is 0 Å². The Hall–Kier alpha value is -0.690. The first-order chi connectivity index (χ1) is 9.76. The molecule has 0 bridgehead atoms. The third-order valence-corrected chi connectivity index (χ3v) is 5.48. The van der Waals surface area contributed by atoms with Crippen LogP contribution in [0.4, 0.5) is 0 Å². The highest BCUT2D eigenvalue weighted by Crippen LogP contribution is 2.27. The summed E-state index contributed by atoms with van der Waals surface area (Å²) >= 11 is 6.96. The quantitative estimate of drug-likeness (QED) is 0.692. The van der Waals surface area contributed by atoms with Gasteiger partial charge in [-0.25, -0.2) is 4.98 Å². The summed E-state index contributed by atoms with van der Waals surface area (Å²) in [5, 5.41) is 7.91. The fourth-order valence-electron chi connectivity index (χ4n) is 2.22. The van der Waals surface area contributed by atoms with Crippen LogP contribution < -0.4 is 5.32 Å². The number of halogens is 1. The van der Waals surface area contributed by atoms with Gasteiger partial charge in [0.25, 0.3) is 0 Å². The molecule has 3 aromatic rings. The van der Waals surface area contributed by atoms with E-state index in [-0.39, 0.29) is 0 Å². The van der Waals surface area contributed by atoms with Crippen molar-refractivity contribution in [2.45, 2.75) is 25.8 Å². The van der Waals surface area contributed by atoms with Crippen LogP contribution in [0.25, 0.3) is 4.96 Å². The first-order valence-corrected chi connectivity index (χ1v) is 9.20. The van der Waals surface area contributed by atoms with Crippen molar-refractivity contribution in [2.24, 2.45) is 0 Å². The molecule has 1 atom stereocenters. The average Bonchev–Trinajstić information content (AvgIpc) is 3.09. The molecule has 20 heavy (non-hydrogen) atoms. The van der Waals surface area contributed by atoms with Crippen molar-refractivity contribution in [3.8, 4) is 0 Å². The molecule has 0 spiro atoms. The van der Waals surface area contributed by atoms with Gasteiger partial charge in [-0.15, -0.1) is 22.7 Å². The molecule has 1 N–H and O–H groups in total. The summed E-state index contributed by atoms with van der Waals surface area (Å²) in [4.78, 5) is 5.76. The van der Waals surface area contributed by atoms with Gasteiger partial charge in [0.2, 0.25) is 0 Å². The van der Waals surface area contributed by atoms with Crippen molar-refractivity contribution in [1.82, 2.24) is 14.7 Å². The van der Waals surface area contributed by atoms with Crippen molar-refractivity contribution in [3.05, 3.63) is 44.3 Å². The number of hydrogen-bond acceptors (Lipinski definition) is 4. The first-order valence-electron chi connectivity index (χ1n) is 6.64. The maximum Gasteiger partial charge on any atom is 0.193 e. The van der Waals surface area contributed by atoms with E-state index >= 15 is 0 Å². The summed E-state index contributed by atoms with van der Waals surface area (Å²) in [7, 11) is 0. The second kappa shape index (κ2) is 6.39. The molecule has 0 saturated carbocycles. The number of thiophene rings is 1. The Bertz CT molecular complexity index is 657. The molecule has 3 nitrogen and oxygen atoms in total. The van der Waals surface area contributed by atoms with E-state index in [2.05, 4.69) is 66.8 Å². The highest BCUT2D eigenvalue weighted by molar-refractivity contribution is 9.11. The van der Waals surface area contributed by atoms with Gasteiger partial charge in [0, 0.05) is 30.2 Å². The molecule has 0 amide bonds. The van der Waals surface area contributed by atoms with Gasteiger partial charge in [0.15, 0.2) is 4.96 Å². The van der Waals surface area contributed by atoms with Crippen LogP contribution >= 0.6 is 38.6 Å². The van der Waals surface area contributed by atoms with Crippen LogP contribution in [0.2, 0.25) is 0 Å². The molecule has 0 saturated heterocycles. The number of nitrogens with one attached hydrogen (secondary N) is 1. The summed E-state index contributed by atoms with van der Waals surface area (Å²) in [6.45, 7) is 3.22. The molecule has 1 unspecified atom stereocenters. The number of thiazole rings is 1. The molecule has 3 heterocycles. The number of imidazole rings is 1. The van der Waals surface area contributed by atoms with E-state index in [1.54, 1.807) is 22.7 Å². The molecule has 0 aromatic carbocycles. The highest BCUT2D eigenvalue weighted by atomic mass is 79.9. The van der Waals surface area contributed by atoms with E-state index in [4.69, 9.17) is 0 Å². The standard InChI is InChI=1S/C14H16BrN3S2/c1-2-3-16-12(10-6-13(15)20-9-10)7-11-8-18-4-5-19-14(18)17-11/h4-6,8-9,12,16H,2-3,7H2,1H3. The third kappa shape index (κ3) is 3.14. The maximum atomic E-state index is 4.69. The lowest BCUT2D eigenvalue weighted by molar-refractivity contribution is 0.526. The molecular formula is C14H16BrN3S2. The number of hydrogen-bond donors (Lipinski definition) is 1. The minimum Gasteiger partial charge on any atom is -0.310 e. The van der Waals surface area contributed by atoms with Gasteiger partial charge >= 0.3 is 0 Å². The SMILES string of the molecule is CCCNC(Cc1cn2ccsc2n1)c1csc(Br)c1. The van der Waals surface area contributed by atoms with Crippen LogP contribution in [-0.4, -0.2) is 15.9 Å². The topological polar surface area (TPSA) is 29.3 Å². The van der Waals surface area contributed by atoms with Gasteiger partial charge in [0.05, 0.1) is 9.48 Å². The van der Waals surface area contributed by atoms with E-state index in [1.807, 2.05) is 0 Å². The van der Waals surface area contributed by atoms with Crippen LogP contribution in [0.3, 0.4) is 0 Å². The lowest BCUT2D eigenvalue weighted by atomic mass is 10.1. The van der Waals surface area contributed by atoms with E-state index in [0.717, 1.165) is 30.0 Å². The Balaban J connectivity index is 1.80. The van der Waals surface area contributed by atoms with Gasteiger partial charge in [-0.05, 0) is 45.9 Å². The lowest BCUT2D eigenvalue weighted by Gasteiger charge is -2.16. The smallest absolute Gasteiger partial charge is 0.193 e. The van der Waals surface area contributed by atoms with Crippen molar-refractivity contribution < 1.29 is 0 Å². The van der Waals surface area contributed by atoms with Crippen LogP contribution in [0.15, 0.2) is 33.0 Å². The van der Waals surface area contributed by atoms with E-state index in [9.17, 15) is 0 Å². The Labute approximate surface area is 134 Å². The number of nitrogens with zero attached hydrogens (tertiary/aromatic N) is 2. The van der Waals surface area contributed by atoms with Crippen molar-refractivity contribution in [2.75, 3.05) is 6.54 Å². The maximum absolute atomic E-state index is 4.69. The molecular weight excluding hydrogens is 354 g/mol. The Morgan fingerprint density at radius 1 is 1.45 bits per heavy atom. The minimum atomic E-state index is 0.335. The number of rotatable bonds is 6. The molecule has 0 aliphatic rings. The summed E-state index contributed by atoms with van der Waals surface area (Å²) < 4.78 is 3.28. The zero-order chi connectivity index (χ0) is 13.9. The fraction of sp³-hybridized carbons (Fsp3) is 0.357. The van der Waals surface area contributed by atoms with Crippen LogP contribution in [-0.2, 0) is 6.42 Å². The second-order valence-corrected chi connectivity index (χ2v) is 7.88. The zero-order valence-electron chi connectivity index (χ0n) is 11.2. The molecule has 3 aromatic heterocycles. The summed E-state index contributed by atoms with van der Waals surface area (Å²) in [5.74, 6) is 0. The fourth-order valence-corrected chi connectivity index (χ4v) is 4.16. The van der Waals surface area contributed by atoms with Gasteiger partial charge in [0.1, 0.15) is 0 Å². The highest BCUT2D eigenvalue weighted by Gasteiger charge is 2.15. The van der Waals surface area contributed by atoms with Crippen LogP contribution in [0, 0.1) is 0 Å². The van der Waals surface area contributed by atoms with Gasteiger partial charge in [-0.3, -0.25) is 4.40 Å². The molecule has 0 fully saturated rings. The normalized spacial score (nSPS) is 13.1. The Kier molecular flexibility index (Phi) is 4.55. The summed E-state index contributed by atoms with van der Waals surface area (Å²) in [6.07, 6.45) is 6.26. The Morgan fingerprint density at radius 3 is 3.05 bits per heavy atom. The molecule has 6 heteroatoms. The van der Waals surface area contributed by atoms with Gasteiger partial charge in [-0.1, -0.05) is 6.92 Å². The summed E-state index contributed by atoms with van der Waals surface area (Å²) in [6, 6.07) is 2.54. The molecule has 0 aliphatic heterocycles. The van der Waals surface area contributed by atoms with E-state index in [0.29, 0.717) is 6.04 Å². The molecule has 0 aliphatic carbocycles. The molecule has 0 radical (unpaired) electrons. The predicted octanol–water partition coefficient (Wildman–Crippen LogP) is 4.50. The van der Waals surface area contributed by atoms with Crippen LogP contribution in [0.5, 0.6) is 0 Å². The zero-order valence-corrected chi connectivity index (χ0v) is 14.4. The largest absolute Gasteiger partial charge is 0.310 e. The summed E-state index contributed by atoms with van der Waals surface area (Å²) in [5.41, 5.74) is 2.49. The van der Waals surface area contributed by atoms with E-state index < -0.39 is 0 Å².